The number of carbonyl (C=O) groups is 1. The molecule has 2 heteroatoms. The van der Waals surface area contributed by atoms with Crippen LogP contribution in [0.4, 0.5) is 0 Å². The summed E-state index contributed by atoms with van der Waals surface area (Å²) in [5, 5.41) is 7.60. The highest BCUT2D eigenvalue weighted by Gasteiger charge is 1.97. The van der Waals surface area contributed by atoms with Gasteiger partial charge < -0.3 is 5.11 Å². The number of carboxylic acids is 1. The minimum absolute atomic E-state index is 0.833. The molecule has 0 bridgehead atoms. The van der Waals surface area contributed by atoms with Gasteiger partial charge in [-0.1, -0.05) is 61.2 Å². The van der Waals surface area contributed by atoms with E-state index in [1.807, 2.05) is 6.07 Å². The molecule has 0 saturated heterocycles. The first-order chi connectivity index (χ1) is 8.65. The van der Waals surface area contributed by atoms with E-state index in [0.29, 0.717) is 0 Å². The van der Waals surface area contributed by atoms with Gasteiger partial charge in [0.25, 0.3) is 0 Å². The van der Waals surface area contributed by atoms with Crippen LogP contribution in [0.3, 0.4) is 0 Å². The van der Waals surface area contributed by atoms with Crippen LogP contribution in [-0.2, 0) is 4.79 Å². The summed E-state index contributed by atoms with van der Waals surface area (Å²) < 4.78 is 0. The normalized spacial score (nSPS) is 8.94. The van der Waals surface area contributed by atoms with E-state index in [4.69, 9.17) is 5.11 Å². The van der Waals surface area contributed by atoms with Gasteiger partial charge in [-0.05, 0) is 23.6 Å². The molecule has 2 rings (SSSR count). The van der Waals surface area contributed by atoms with Crippen LogP contribution in [0.5, 0.6) is 0 Å². The molecule has 2 aromatic rings. The number of rotatable bonds is 2. The van der Waals surface area contributed by atoms with Crippen LogP contribution in [0.25, 0.3) is 11.1 Å². The first kappa shape index (κ1) is 13.7. The Bertz CT molecular complexity index is 516. The van der Waals surface area contributed by atoms with Gasteiger partial charge in [0, 0.05) is 6.08 Å². The number of hydrogen-bond acceptors (Lipinski definition) is 1. The molecule has 0 saturated carbocycles. The lowest BCUT2D eigenvalue weighted by Crippen LogP contribution is -1.82. The van der Waals surface area contributed by atoms with Gasteiger partial charge in [-0.15, -0.1) is 0 Å². The first-order valence-electron chi connectivity index (χ1n) is 5.61. The fraction of sp³-hybridized carbons (Fsp3) is 0.0625. The van der Waals surface area contributed by atoms with Crippen molar-refractivity contribution >= 4 is 5.97 Å². The maximum atomic E-state index is 9.25. The third-order valence-electron chi connectivity index (χ3n) is 2.40. The molecular formula is C16H16O2. The molecule has 18 heavy (non-hydrogen) atoms. The molecule has 0 aliphatic heterocycles. The number of benzene rings is 2. The maximum absolute atomic E-state index is 9.25. The second-order valence-electron chi connectivity index (χ2n) is 3.72. The Balaban J connectivity index is 0.000000280. The average Bonchev–Trinajstić information content (AvgIpc) is 2.41. The number of aliphatic carboxylic acids is 1. The maximum Gasteiger partial charge on any atom is 0.327 e. The molecule has 0 radical (unpaired) electrons. The predicted molar refractivity (Wildman–Crippen MR) is 74.4 cm³/mol. The highest BCUT2D eigenvalue weighted by atomic mass is 16.4. The molecule has 0 amide bonds. The highest BCUT2D eigenvalue weighted by Crippen LogP contribution is 2.21. The van der Waals surface area contributed by atoms with E-state index < -0.39 is 5.97 Å². The van der Waals surface area contributed by atoms with Crippen molar-refractivity contribution in [3.63, 3.8) is 0 Å². The van der Waals surface area contributed by atoms with E-state index in [2.05, 4.69) is 62.0 Å². The Kier molecular flexibility index (Phi) is 5.39. The summed E-state index contributed by atoms with van der Waals surface area (Å²) in [4.78, 5) is 9.25. The third kappa shape index (κ3) is 4.26. The molecule has 92 valence electrons. The van der Waals surface area contributed by atoms with Gasteiger partial charge in [0.05, 0.1) is 0 Å². The van der Waals surface area contributed by atoms with Crippen molar-refractivity contribution < 1.29 is 9.90 Å². The second-order valence-corrected chi connectivity index (χ2v) is 3.72. The van der Waals surface area contributed by atoms with Crippen LogP contribution < -0.4 is 0 Å². The SMILES string of the molecule is C=CC(=O)O.Cc1ccccc1-c1ccccc1. The van der Waals surface area contributed by atoms with Crippen molar-refractivity contribution in [2.45, 2.75) is 6.92 Å². The van der Waals surface area contributed by atoms with Crippen molar-refractivity contribution in [3.8, 4) is 11.1 Å². The molecule has 0 aromatic heterocycles. The van der Waals surface area contributed by atoms with E-state index in [1.54, 1.807) is 0 Å². The number of aryl methyl sites for hydroxylation is 1. The molecule has 0 atom stereocenters. The van der Waals surface area contributed by atoms with Gasteiger partial charge in [0.15, 0.2) is 0 Å². The molecule has 2 nitrogen and oxygen atoms in total. The van der Waals surface area contributed by atoms with Gasteiger partial charge >= 0.3 is 5.97 Å². The lowest BCUT2D eigenvalue weighted by molar-refractivity contribution is -0.131. The summed E-state index contributed by atoms with van der Waals surface area (Å²) in [6, 6.07) is 18.9. The van der Waals surface area contributed by atoms with Gasteiger partial charge in [-0.3, -0.25) is 0 Å². The predicted octanol–water partition coefficient (Wildman–Crippen LogP) is 3.92. The van der Waals surface area contributed by atoms with Gasteiger partial charge in [0.2, 0.25) is 0 Å². The highest BCUT2D eigenvalue weighted by molar-refractivity contribution is 5.78. The van der Waals surface area contributed by atoms with E-state index >= 15 is 0 Å². The van der Waals surface area contributed by atoms with Crippen molar-refractivity contribution in [2.75, 3.05) is 0 Å². The fourth-order valence-corrected chi connectivity index (χ4v) is 1.51. The van der Waals surface area contributed by atoms with Crippen molar-refractivity contribution in [1.29, 1.82) is 0 Å². The summed E-state index contributed by atoms with van der Waals surface area (Å²) >= 11 is 0. The van der Waals surface area contributed by atoms with E-state index in [0.717, 1.165) is 6.08 Å². The average molecular weight is 240 g/mol. The minimum Gasteiger partial charge on any atom is -0.478 e. The Morgan fingerprint density at radius 1 is 1.06 bits per heavy atom. The molecule has 0 spiro atoms. The van der Waals surface area contributed by atoms with Crippen LogP contribution in [0.2, 0.25) is 0 Å². The Morgan fingerprint density at radius 2 is 1.56 bits per heavy atom. The second kappa shape index (κ2) is 7.07. The summed E-state index contributed by atoms with van der Waals surface area (Å²) in [5.41, 5.74) is 3.94. The van der Waals surface area contributed by atoms with Gasteiger partial charge in [0.1, 0.15) is 0 Å². The van der Waals surface area contributed by atoms with E-state index in [-0.39, 0.29) is 0 Å². The summed E-state index contributed by atoms with van der Waals surface area (Å²) in [7, 11) is 0. The zero-order chi connectivity index (χ0) is 13.4. The molecule has 0 heterocycles. The van der Waals surface area contributed by atoms with Crippen LogP contribution in [-0.4, -0.2) is 11.1 Å². The summed E-state index contributed by atoms with van der Waals surface area (Å²) in [6.45, 7) is 5.10. The topological polar surface area (TPSA) is 37.3 Å². The lowest BCUT2D eigenvalue weighted by atomic mass is 10.0. The number of carboxylic acid groups (broad SMARTS) is 1. The van der Waals surface area contributed by atoms with E-state index in [9.17, 15) is 4.79 Å². The largest absolute Gasteiger partial charge is 0.478 e. The third-order valence-corrected chi connectivity index (χ3v) is 2.40. The Morgan fingerprint density at radius 3 is 2.06 bits per heavy atom. The zero-order valence-electron chi connectivity index (χ0n) is 10.3. The Hall–Kier alpha value is -2.35. The van der Waals surface area contributed by atoms with Crippen molar-refractivity contribution in [2.24, 2.45) is 0 Å². The van der Waals surface area contributed by atoms with Crippen LogP contribution in [0.15, 0.2) is 67.3 Å². The lowest BCUT2D eigenvalue weighted by Gasteiger charge is -2.04. The smallest absolute Gasteiger partial charge is 0.327 e. The molecule has 0 unspecified atom stereocenters. The van der Waals surface area contributed by atoms with Crippen LogP contribution >= 0.6 is 0 Å². The quantitative estimate of drug-likeness (QED) is 0.808. The molecular weight excluding hydrogens is 224 g/mol. The van der Waals surface area contributed by atoms with Gasteiger partial charge in [-0.2, -0.15) is 0 Å². The molecule has 0 aliphatic rings. The van der Waals surface area contributed by atoms with Crippen molar-refractivity contribution in [3.05, 3.63) is 72.8 Å². The monoisotopic (exact) mass is 240 g/mol. The summed E-state index contributed by atoms with van der Waals surface area (Å²) in [5.74, 6) is -0.981. The first-order valence-corrected chi connectivity index (χ1v) is 5.61. The zero-order valence-corrected chi connectivity index (χ0v) is 10.3. The standard InChI is InChI=1S/C13H12.C3H4O2/c1-11-7-5-6-10-13(11)12-8-3-2-4-9-12;1-2-3(4)5/h2-10H,1H3;2H,1H2,(H,4,5). The Labute approximate surface area is 107 Å². The number of hydrogen-bond donors (Lipinski definition) is 1. The molecule has 1 N–H and O–H groups in total. The van der Waals surface area contributed by atoms with E-state index in [1.165, 1.54) is 16.7 Å². The van der Waals surface area contributed by atoms with Crippen LogP contribution in [0.1, 0.15) is 5.56 Å². The summed E-state index contributed by atoms with van der Waals surface area (Å²) in [6.07, 6.45) is 0.833. The molecule has 2 aromatic carbocycles. The van der Waals surface area contributed by atoms with Crippen molar-refractivity contribution in [1.82, 2.24) is 0 Å². The minimum atomic E-state index is -0.981. The fourth-order valence-electron chi connectivity index (χ4n) is 1.51. The van der Waals surface area contributed by atoms with Crippen LogP contribution in [0, 0.1) is 6.92 Å². The molecule has 0 aliphatic carbocycles. The van der Waals surface area contributed by atoms with Gasteiger partial charge in [-0.25, -0.2) is 4.79 Å². The molecule has 0 fully saturated rings.